The van der Waals surface area contributed by atoms with E-state index in [0.717, 1.165) is 5.69 Å². The Balaban J connectivity index is 1.81. The number of nitrogens with one attached hydrogen (secondary N) is 2. The van der Waals surface area contributed by atoms with Gasteiger partial charge in [-0.15, -0.1) is 0 Å². The molecule has 21 heavy (non-hydrogen) atoms. The molecular formula is C16H15FN2O2. The number of hydrogen-bond acceptors (Lipinski definition) is 3. The highest BCUT2D eigenvalue weighted by molar-refractivity contribution is 5.96. The van der Waals surface area contributed by atoms with Gasteiger partial charge in [0.15, 0.2) is 6.61 Å². The van der Waals surface area contributed by atoms with E-state index in [9.17, 15) is 9.18 Å². The molecule has 0 radical (unpaired) electrons. The Morgan fingerprint density at radius 3 is 2.90 bits per heavy atom. The Morgan fingerprint density at radius 1 is 1.29 bits per heavy atom. The van der Waals surface area contributed by atoms with Crippen LogP contribution in [0.15, 0.2) is 42.5 Å². The van der Waals surface area contributed by atoms with E-state index in [1.165, 1.54) is 6.07 Å². The molecule has 4 nitrogen and oxygen atoms in total. The smallest absolute Gasteiger partial charge is 0.262 e. The molecule has 0 saturated heterocycles. The average molecular weight is 286 g/mol. The summed E-state index contributed by atoms with van der Waals surface area (Å²) in [6.45, 7) is 1.92. The number of rotatable bonds is 3. The lowest BCUT2D eigenvalue weighted by Crippen LogP contribution is -2.25. The molecule has 108 valence electrons. The predicted octanol–water partition coefficient (Wildman–Crippen LogP) is 3.33. The first-order valence-corrected chi connectivity index (χ1v) is 6.71. The third kappa shape index (κ3) is 2.81. The van der Waals surface area contributed by atoms with Crippen LogP contribution in [0.4, 0.5) is 15.8 Å². The molecular weight excluding hydrogens is 271 g/mol. The van der Waals surface area contributed by atoms with E-state index in [1.807, 2.05) is 13.0 Å². The van der Waals surface area contributed by atoms with Crippen molar-refractivity contribution in [1.29, 1.82) is 0 Å². The lowest BCUT2D eigenvalue weighted by Gasteiger charge is -2.21. The van der Waals surface area contributed by atoms with Crippen molar-refractivity contribution in [3.8, 4) is 5.75 Å². The largest absolute Gasteiger partial charge is 0.482 e. The van der Waals surface area contributed by atoms with Crippen LogP contribution in [-0.4, -0.2) is 12.5 Å². The van der Waals surface area contributed by atoms with Gasteiger partial charge in [-0.2, -0.15) is 0 Å². The summed E-state index contributed by atoms with van der Waals surface area (Å²) in [4.78, 5) is 11.3. The maximum atomic E-state index is 13.8. The molecule has 1 aliphatic heterocycles. The summed E-state index contributed by atoms with van der Waals surface area (Å²) in [6, 6.07) is 11.9. The maximum absolute atomic E-state index is 13.8. The van der Waals surface area contributed by atoms with Gasteiger partial charge in [0.05, 0.1) is 11.7 Å². The average Bonchev–Trinajstić information content (AvgIpc) is 2.47. The van der Waals surface area contributed by atoms with E-state index in [1.54, 1.807) is 30.3 Å². The molecule has 0 fully saturated rings. The maximum Gasteiger partial charge on any atom is 0.262 e. The van der Waals surface area contributed by atoms with Crippen LogP contribution in [0.2, 0.25) is 0 Å². The zero-order valence-electron chi connectivity index (χ0n) is 11.5. The van der Waals surface area contributed by atoms with Crippen LogP contribution >= 0.6 is 0 Å². The second-order valence-electron chi connectivity index (χ2n) is 4.94. The van der Waals surface area contributed by atoms with Gasteiger partial charge < -0.3 is 15.4 Å². The number of halogens is 1. The molecule has 0 saturated carbocycles. The van der Waals surface area contributed by atoms with Gasteiger partial charge in [0.1, 0.15) is 11.6 Å². The summed E-state index contributed by atoms with van der Waals surface area (Å²) in [7, 11) is 0. The number of amides is 1. The van der Waals surface area contributed by atoms with E-state index in [0.29, 0.717) is 17.0 Å². The van der Waals surface area contributed by atoms with Crippen molar-refractivity contribution in [1.82, 2.24) is 0 Å². The van der Waals surface area contributed by atoms with Crippen LogP contribution in [0.3, 0.4) is 0 Å². The van der Waals surface area contributed by atoms with Gasteiger partial charge in [0.25, 0.3) is 5.91 Å². The van der Waals surface area contributed by atoms with Crippen LogP contribution in [0.1, 0.15) is 18.5 Å². The molecule has 1 amide bonds. The number of carbonyl (C=O) groups excluding carboxylic acids is 1. The summed E-state index contributed by atoms with van der Waals surface area (Å²) in [5.41, 5.74) is 2.00. The summed E-state index contributed by atoms with van der Waals surface area (Å²) in [6.07, 6.45) is 0. The fraction of sp³-hybridized carbons (Fsp3) is 0.188. The first-order valence-electron chi connectivity index (χ1n) is 6.71. The molecule has 2 aromatic carbocycles. The number of anilines is 2. The molecule has 0 bridgehead atoms. The van der Waals surface area contributed by atoms with Crippen molar-refractivity contribution in [3.05, 3.63) is 53.8 Å². The Morgan fingerprint density at radius 2 is 2.10 bits per heavy atom. The summed E-state index contributed by atoms with van der Waals surface area (Å²) >= 11 is 0. The number of benzene rings is 2. The van der Waals surface area contributed by atoms with Crippen LogP contribution in [0.25, 0.3) is 0 Å². The quantitative estimate of drug-likeness (QED) is 0.910. The topological polar surface area (TPSA) is 50.4 Å². The minimum Gasteiger partial charge on any atom is -0.482 e. The zero-order chi connectivity index (χ0) is 14.8. The van der Waals surface area contributed by atoms with E-state index in [2.05, 4.69) is 10.6 Å². The molecule has 1 heterocycles. The van der Waals surface area contributed by atoms with Crippen molar-refractivity contribution in [2.24, 2.45) is 0 Å². The van der Waals surface area contributed by atoms with Crippen molar-refractivity contribution in [2.75, 3.05) is 17.2 Å². The fourth-order valence-corrected chi connectivity index (χ4v) is 2.33. The van der Waals surface area contributed by atoms with Crippen molar-refractivity contribution in [3.63, 3.8) is 0 Å². The highest BCUT2D eigenvalue weighted by Gasteiger charge is 2.17. The molecule has 0 aromatic heterocycles. The minimum atomic E-state index is -0.243. The van der Waals surface area contributed by atoms with E-state index in [-0.39, 0.29) is 24.4 Å². The van der Waals surface area contributed by atoms with Gasteiger partial charge in [-0.05, 0) is 31.2 Å². The lowest BCUT2D eigenvalue weighted by atomic mass is 10.1. The SMILES string of the molecule is CC(Nc1ccc2c(c1)NC(=O)CO2)c1ccccc1F. The first-order chi connectivity index (χ1) is 10.1. The van der Waals surface area contributed by atoms with E-state index >= 15 is 0 Å². The Hall–Kier alpha value is -2.56. The predicted molar refractivity (Wildman–Crippen MR) is 79.0 cm³/mol. The van der Waals surface area contributed by atoms with Gasteiger partial charge in [0.2, 0.25) is 0 Å². The minimum absolute atomic E-state index is 0.0331. The Kier molecular flexibility index (Phi) is 3.48. The highest BCUT2D eigenvalue weighted by atomic mass is 19.1. The van der Waals surface area contributed by atoms with Crippen molar-refractivity contribution in [2.45, 2.75) is 13.0 Å². The first kappa shape index (κ1) is 13.4. The van der Waals surface area contributed by atoms with Gasteiger partial charge in [-0.25, -0.2) is 4.39 Å². The van der Waals surface area contributed by atoms with Crippen LogP contribution in [0.5, 0.6) is 5.75 Å². The second-order valence-corrected chi connectivity index (χ2v) is 4.94. The molecule has 3 rings (SSSR count). The van der Waals surface area contributed by atoms with Gasteiger partial charge in [0, 0.05) is 11.3 Å². The number of carbonyl (C=O) groups is 1. The monoisotopic (exact) mass is 286 g/mol. The molecule has 2 aromatic rings. The van der Waals surface area contributed by atoms with Gasteiger partial charge >= 0.3 is 0 Å². The second kappa shape index (κ2) is 5.44. The molecule has 2 N–H and O–H groups in total. The van der Waals surface area contributed by atoms with Crippen LogP contribution in [-0.2, 0) is 4.79 Å². The molecule has 5 heteroatoms. The molecule has 1 aliphatic rings. The van der Waals surface area contributed by atoms with E-state index in [4.69, 9.17) is 4.74 Å². The number of hydrogen-bond donors (Lipinski definition) is 2. The molecule has 1 atom stereocenters. The fourth-order valence-electron chi connectivity index (χ4n) is 2.33. The number of fused-ring (bicyclic) bond motifs is 1. The molecule has 0 aliphatic carbocycles. The zero-order valence-corrected chi connectivity index (χ0v) is 11.5. The lowest BCUT2D eigenvalue weighted by molar-refractivity contribution is -0.118. The highest BCUT2D eigenvalue weighted by Crippen LogP contribution is 2.32. The molecule has 1 unspecified atom stereocenters. The molecule has 0 spiro atoms. The standard InChI is InChI=1S/C16H15FN2O2/c1-10(12-4-2-3-5-13(12)17)18-11-6-7-15-14(8-11)19-16(20)9-21-15/h2-8,10,18H,9H2,1H3,(H,19,20). The summed E-state index contributed by atoms with van der Waals surface area (Å²) in [5, 5.41) is 5.96. The van der Waals surface area contributed by atoms with Gasteiger partial charge in [-0.1, -0.05) is 18.2 Å². The Bertz CT molecular complexity index is 688. The van der Waals surface area contributed by atoms with Crippen LogP contribution < -0.4 is 15.4 Å². The van der Waals surface area contributed by atoms with Crippen LogP contribution in [0, 0.1) is 5.82 Å². The Labute approximate surface area is 121 Å². The third-order valence-electron chi connectivity index (χ3n) is 3.37. The van der Waals surface area contributed by atoms with E-state index < -0.39 is 0 Å². The summed E-state index contributed by atoms with van der Waals surface area (Å²) in [5.74, 6) is 0.215. The van der Waals surface area contributed by atoms with Gasteiger partial charge in [-0.3, -0.25) is 4.79 Å². The summed E-state index contributed by atoms with van der Waals surface area (Å²) < 4.78 is 19.0. The normalized spacial score (nSPS) is 14.7. The third-order valence-corrected chi connectivity index (χ3v) is 3.37. The van der Waals surface area contributed by atoms with Crippen molar-refractivity contribution < 1.29 is 13.9 Å². The van der Waals surface area contributed by atoms with Crippen molar-refractivity contribution >= 4 is 17.3 Å². The number of ether oxygens (including phenoxy) is 1.